The van der Waals surface area contributed by atoms with Crippen molar-refractivity contribution in [3.8, 4) is 11.1 Å². The van der Waals surface area contributed by atoms with Gasteiger partial charge in [0.2, 0.25) is 5.91 Å². The number of benzene rings is 3. The molecule has 0 saturated carbocycles. The minimum absolute atomic E-state index is 0.0331. The van der Waals surface area contributed by atoms with Crippen LogP contribution in [0.3, 0.4) is 0 Å². The van der Waals surface area contributed by atoms with E-state index in [1.54, 1.807) is 0 Å². The Morgan fingerprint density at radius 2 is 1.41 bits per heavy atom. The van der Waals surface area contributed by atoms with Gasteiger partial charge in [-0.15, -0.1) is 0 Å². The Hall–Kier alpha value is -3.60. The molecule has 0 fully saturated rings. The van der Waals surface area contributed by atoms with E-state index in [4.69, 9.17) is 10.5 Å². The minimum atomic E-state index is -0.826. The molecule has 5 heteroatoms. The second-order valence-corrected chi connectivity index (χ2v) is 7.11. The zero-order valence-corrected chi connectivity index (χ0v) is 15.9. The van der Waals surface area contributed by atoms with E-state index in [9.17, 15) is 9.59 Å². The number of carbonyl (C=O) groups excluding carboxylic acids is 2. The topological polar surface area (TPSA) is 81.4 Å². The van der Waals surface area contributed by atoms with E-state index in [1.807, 2.05) is 54.6 Å². The molecular formula is C24H22N2O3. The Morgan fingerprint density at radius 1 is 0.862 bits per heavy atom. The van der Waals surface area contributed by atoms with Crippen LogP contribution in [0.5, 0.6) is 0 Å². The number of amides is 2. The summed E-state index contributed by atoms with van der Waals surface area (Å²) >= 11 is 0. The third-order valence-electron chi connectivity index (χ3n) is 5.26. The Morgan fingerprint density at radius 3 is 2.00 bits per heavy atom. The normalized spacial score (nSPS) is 13.2. The Bertz CT molecular complexity index is 988. The summed E-state index contributed by atoms with van der Waals surface area (Å²) in [5.74, 6) is -0.628. The van der Waals surface area contributed by atoms with Gasteiger partial charge in [-0.05, 0) is 27.8 Å². The molecule has 0 heterocycles. The van der Waals surface area contributed by atoms with E-state index in [-0.39, 0.29) is 12.5 Å². The number of rotatable bonds is 6. The van der Waals surface area contributed by atoms with Crippen molar-refractivity contribution >= 4 is 12.0 Å². The molecule has 4 rings (SSSR count). The highest BCUT2D eigenvalue weighted by Crippen LogP contribution is 2.44. The summed E-state index contributed by atoms with van der Waals surface area (Å²) in [6.45, 7) is 0.191. The van der Waals surface area contributed by atoms with Crippen LogP contribution in [0.2, 0.25) is 0 Å². The van der Waals surface area contributed by atoms with Gasteiger partial charge in [-0.25, -0.2) is 4.79 Å². The monoisotopic (exact) mass is 386 g/mol. The predicted octanol–water partition coefficient (Wildman–Crippen LogP) is 3.62. The van der Waals surface area contributed by atoms with Crippen LogP contribution in [0.1, 0.15) is 22.6 Å². The SMILES string of the molecule is NC(=O)[C@H](Cc1ccccc1)NC(=O)OCC1c2ccccc2-c2ccccc21. The van der Waals surface area contributed by atoms with E-state index in [1.165, 1.54) is 0 Å². The molecule has 2 amide bonds. The van der Waals surface area contributed by atoms with Gasteiger partial charge in [0.05, 0.1) is 0 Å². The van der Waals surface area contributed by atoms with Gasteiger partial charge in [0.15, 0.2) is 0 Å². The van der Waals surface area contributed by atoms with Crippen LogP contribution in [0.4, 0.5) is 4.79 Å². The summed E-state index contributed by atoms with van der Waals surface area (Å²) in [6, 6.07) is 24.8. The average molecular weight is 386 g/mol. The summed E-state index contributed by atoms with van der Waals surface area (Å²) in [5, 5.41) is 2.60. The number of ether oxygens (including phenoxy) is 1. The molecule has 0 radical (unpaired) electrons. The number of carbonyl (C=O) groups is 2. The molecule has 0 saturated heterocycles. The van der Waals surface area contributed by atoms with E-state index in [2.05, 4.69) is 29.6 Å². The fourth-order valence-electron chi connectivity index (χ4n) is 3.85. The lowest BCUT2D eigenvalue weighted by molar-refractivity contribution is -0.119. The fourth-order valence-corrected chi connectivity index (χ4v) is 3.85. The van der Waals surface area contributed by atoms with Gasteiger partial charge in [-0.2, -0.15) is 0 Å². The predicted molar refractivity (Wildman–Crippen MR) is 111 cm³/mol. The molecule has 0 aromatic heterocycles. The van der Waals surface area contributed by atoms with Crippen molar-refractivity contribution in [2.24, 2.45) is 5.73 Å². The van der Waals surface area contributed by atoms with Crippen molar-refractivity contribution in [1.82, 2.24) is 5.32 Å². The molecule has 1 aliphatic rings. The van der Waals surface area contributed by atoms with Gasteiger partial charge in [-0.3, -0.25) is 4.79 Å². The highest BCUT2D eigenvalue weighted by atomic mass is 16.5. The molecule has 3 aromatic carbocycles. The third-order valence-corrected chi connectivity index (χ3v) is 5.26. The van der Waals surface area contributed by atoms with Crippen molar-refractivity contribution in [2.45, 2.75) is 18.4 Å². The summed E-state index contributed by atoms with van der Waals surface area (Å²) in [5.41, 5.74) is 11.0. The Balaban J connectivity index is 1.43. The molecule has 0 aliphatic heterocycles. The van der Waals surface area contributed by atoms with E-state index >= 15 is 0 Å². The summed E-state index contributed by atoms with van der Waals surface area (Å²) in [6.07, 6.45) is -0.327. The molecule has 5 nitrogen and oxygen atoms in total. The summed E-state index contributed by atoms with van der Waals surface area (Å²) in [7, 11) is 0. The van der Waals surface area contributed by atoms with Crippen LogP contribution in [0, 0.1) is 0 Å². The molecule has 0 spiro atoms. The minimum Gasteiger partial charge on any atom is -0.449 e. The van der Waals surface area contributed by atoms with Crippen molar-refractivity contribution in [3.05, 3.63) is 95.6 Å². The number of nitrogens with one attached hydrogen (secondary N) is 1. The molecule has 0 bridgehead atoms. The molecular weight excluding hydrogens is 364 g/mol. The van der Waals surface area contributed by atoms with Crippen LogP contribution < -0.4 is 11.1 Å². The Labute approximate surface area is 169 Å². The van der Waals surface area contributed by atoms with E-state index in [0.29, 0.717) is 6.42 Å². The highest BCUT2D eigenvalue weighted by Gasteiger charge is 2.29. The lowest BCUT2D eigenvalue weighted by Crippen LogP contribution is -2.46. The second kappa shape index (κ2) is 8.19. The lowest BCUT2D eigenvalue weighted by atomic mass is 9.98. The van der Waals surface area contributed by atoms with Crippen LogP contribution in [0.25, 0.3) is 11.1 Å². The maximum Gasteiger partial charge on any atom is 0.407 e. The van der Waals surface area contributed by atoms with Gasteiger partial charge in [-0.1, -0.05) is 78.9 Å². The number of hydrogen-bond donors (Lipinski definition) is 2. The quantitative estimate of drug-likeness (QED) is 0.679. The van der Waals surface area contributed by atoms with Crippen LogP contribution >= 0.6 is 0 Å². The standard InChI is InChI=1S/C24H22N2O3/c25-23(27)22(14-16-8-2-1-3-9-16)26-24(28)29-15-21-19-12-6-4-10-17(19)18-11-5-7-13-20(18)21/h1-13,21-22H,14-15H2,(H2,25,27)(H,26,28)/t22-/m0/s1. The fraction of sp³-hybridized carbons (Fsp3) is 0.167. The van der Waals surface area contributed by atoms with Crippen molar-refractivity contribution < 1.29 is 14.3 Å². The van der Waals surface area contributed by atoms with Crippen molar-refractivity contribution in [3.63, 3.8) is 0 Å². The van der Waals surface area contributed by atoms with Gasteiger partial charge < -0.3 is 15.8 Å². The lowest BCUT2D eigenvalue weighted by Gasteiger charge is -2.18. The van der Waals surface area contributed by atoms with Crippen molar-refractivity contribution in [1.29, 1.82) is 0 Å². The average Bonchev–Trinajstić information content (AvgIpc) is 3.06. The number of hydrogen-bond acceptors (Lipinski definition) is 3. The molecule has 1 atom stereocenters. The summed E-state index contributed by atoms with van der Waals surface area (Å²) in [4.78, 5) is 24.2. The molecule has 3 N–H and O–H groups in total. The number of fused-ring (bicyclic) bond motifs is 3. The van der Waals surface area contributed by atoms with E-state index < -0.39 is 18.0 Å². The van der Waals surface area contributed by atoms with Gasteiger partial charge in [0.1, 0.15) is 12.6 Å². The zero-order chi connectivity index (χ0) is 20.2. The smallest absolute Gasteiger partial charge is 0.407 e. The zero-order valence-electron chi connectivity index (χ0n) is 15.9. The van der Waals surface area contributed by atoms with Crippen molar-refractivity contribution in [2.75, 3.05) is 6.61 Å². The van der Waals surface area contributed by atoms with Gasteiger partial charge in [0, 0.05) is 12.3 Å². The largest absolute Gasteiger partial charge is 0.449 e. The van der Waals surface area contributed by atoms with E-state index in [0.717, 1.165) is 27.8 Å². The van der Waals surface area contributed by atoms with Crippen LogP contribution in [-0.2, 0) is 16.0 Å². The van der Waals surface area contributed by atoms with Gasteiger partial charge in [0.25, 0.3) is 0 Å². The Kier molecular flexibility index (Phi) is 5.29. The maximum atomic E-state index is 12.4. The molecule has 3 aromatic rings. The first kappa shape index (κ1) is 18.7. The van der Waals surface area contributed by atoms with Gasteiger partial charge >= 0.3 is 6.09 Å². The highest BCUT2D eigenvalue weighted by molar-refractivity contribution is 5.84. The third kappa shape index (κ3) is 3.99. The molecule has 1 aliphatic carbocycles. The number of primary amides is 1. The first-order valence-corrected chi connectivity index (χ1v) is 9.58. The molecule has 29 heavy (non-hydrogen) atoms. The number of nitrogens with two attached hydrogens (primary N) is 1. The van der Waals surface area contributed by atoms with Crippen LogP contribution in [0.15, 0.2) is 78.9 Å². The molecule has 0 unspecified atom stereocenters. The molecule has 146 valence electrons. The maximum absolute atomic E-state index is 12.4. The first-order chi connectivity index (χ1) is 14.1. The first-order valence-electron chi connectivity index (χ1n) is 9.58. The number of alkyl carbamates (subject to hydrolysis) is 1. The second-order valence-electron chi connectivity index (χ2n) is 7.11. The summed E-state index contributed by atoms with van der Waals surface area (Å²) < 4.78 is 5.50. The van der Waals surface area contributed by atoms with Crippen LogP contribution in [-0.4, -0.2) is 24.6 Å².